The van der Waals surface area contributed by atoms with Crippen LogP contribution in [0.5, 0.6) is 0 Å². The number of carbonyl (C=O) groups is 2. The Labute approximate surface area is 118 Å². The van der Waals surface area contributed by atoms with Gasteiger partial charge in [0.25, 0.3) is 0 Å². The van der Waals surface area contributed by atoms with Crippen molar-refractivity contribution >= 4 is 12.0 Å². The summed E-state index contributed by atoms with van der Waals surface area (Å²) in [5.41, 5.74) is 0. The van der Waals surface area contributed by atoms with Crippen LogP contribution in [0.15, 0.2) is 0 Å². The molecule has 2 heterocycles. The molecule has 2 N–H and O–H groups in total. The van der Waals surface area contributed by atoms with E-state index in [1.54, 1.807) is 4.90 Å². The average molecular weight is 285 g/mol. The topological polar surface area (TPSA) is 84.3 Å². The number of nitrogens with zero attached hydrogens (tertiary/aromatic N) is 3. The molecule has 7 heteroatoms. The van der Waals surface area contributed by atoms with Gasteiger partial charge in [-0.2, -0.15) is 0 Å². The number of hydrogen-bond acceptors (Lipinski definition) is 4. The summed E-state index contributed by atoms with van der Waals surface area (Å²) in [5, 5.41) is 18.9. The third-order valence-corrected chi connectivity index (χ3v) is 3.94. The number of amides is 2. The molecular weight excluding hydrogens is 262 g/mol. The zero-order valence-electron chi connectivity index (χ0n) is 11.7. The third kappa shape index (κ3) is 4.08. The normalized spacial score (nSPS) is 22.9. The number of piperazine rings is 1. The summed E-state index contributed by atoms with van der Waals surface area (Å²) in [4.78, 5) is 27.5. The smallest absolute Gasteiger partial charge is 0.407 e. The molecule has 7 nitrogen and oxygen atoms in total. The Morgan fingerprint density at radius 2 is 1.80 bits per heavy atom. The molecule has 20 heavy (non-hydrogen) atoms. The summed E-state index contributed by atoms with van der Waals surface area (Å²) < 4.78 is 0. The number of rotatable bonds is 4. The molecule has 0 aromatic rings. The van der Waals surface area contributed by atoms with E-state index in [9.17, 15) is 14.7 Å². The van der Waals surface area contributed by atoms with E-state index in [0.29, 0.717) is 26.2 Å². The van der Waals surface area contributed by atoms with E-state index in [4.69, 9.17) is 5.11 Å². The highest BCUT2D eigenvalue weighted by molar-refractivity contribution is 5.83. The summed E-state index contributed by atoms with van der Waals surface area (Å²) in [6, 6.07) is 0. The van der Waals surface area contributed by atoms with Crippen LogP contribution < -0.4 is 0 Å². The van der Waals surface area contributed by atoms with Crippen LogP contribution in [0.1, 0.15) is 19.3 Å². The fourth-order valence-corrected chi connectivity index (χ4v) is 2.82. The lowest BCUT2D eigenvalue weighted by atomic mass is 10.1. The zero-order valence-corrected chi connectivity index (χ0v) is 11.7. The first-order valence-corrected chi connectivity index (χ1v) is 7.22. The number of piperidine rings is 1. The number of carboxylic acid groups (broad SMARTS) is 1. The summed E-state index contributed by atoms with van der Waals surface area (Å²) in [6.45, 7) is 3.48. The maximum absolute atomic E-state index is 11.8. The van der Waals surface area contributed by atoms with Crippen molar-refractivity contribution in [1.29, 1.82) is 0 Å². The molecule has 1 unspecified atom stereocenters. The molecule has 1 atom stereocenters. The number of aliphatic hydroxyl groups is 1. The molecule has 0 aromatic heterocycles. The van der Waals surface area contributed by atoms with Gasteiger partial charge in [-0.3, -0.25) is 9.69 Å². The fraction of sp³-hybridized carbons (Fsp3) is 0.846. The second kappa shape index (κ2) is 6.90. The van der Waals surface area contributed by atoms with E-state index in [-0.39, 0.29) is 12.5 Å². The molecule has 0 aliphatic carbocycles. The van der Waals surface area contributed by atoms with Crippen molar-refractivity contribution in [3.05, 3.63) is 0 Å². The molecule has 0 aromatic carbocycles. The van der Waals surface area contributed by atoms with Gasteiger partial charge in [0.15, 0.2) is 0 Å². The molecule has 2 amide bonds. The minimum atomic E-state index is -1.06. The first-order valence-electron chi connectivity index (χ1n) is 7.22. The second-order valence-electron chi connectivity index (χ2n) is 5.56. The molecule has 2 aliphatic heterocycles. The van der Waals surface area contributed by atoms with Crippen LogP contribution in [-0.2, 0) is 4.79 Å². The Morgan fingerprint density at radius 3 is 2.40 bits per heavy atom. The van der Waals surface area contributed by atoms with Gasteiger partial charge in [0.1, 0.15) is 6.54 Å². The van der Waals surface area contributed by atoms with E-state index in [0.717, 1.165) is 18.0 Å². The number of β-amino-alcohol motifs (C(OH)–C–C–N with tert-alkyl or cyclic N) is 1. The fourth-order valence-electron chi connectivity index (χ4n) is 2.82. The first-order chi connectivity index (χ1) is 9.56. The Bertz CT molecular complexity index is 358. The van der Waals surface area contributed by atoms with Gasteiger partial charge >= 0.3 is 6.09 Å². The van der Waals surface area contributed by atoms with Crippen LogP contribution in [0.25, 0.3) is 0 Å². The SMILES string of the molecule is O=C(O)N1CCN(CC(O)CN2CCCCC2)C(=O)C1. The summed E-state index contributed by atoms with van der Waals surface area (Å²) >= 11 is 0. The lowest BCUT2D eigenvalue weighted by Gasteiger charge is -2.35. The Morgan fingerprint density at radius 1 is 1.10 bits per heavy atom. The maximum atomic E-state index is 11.8. The van der Waals surface area contributed by atoms with E-state index in [1.165, 1.54) is 19.3 Å². The third-order valence-electron chi connectivity index (χ3n) is 3.94. The lowest BCUT2D eigenvalue weighted by molar-refractivity contribution is -0.137. The summed E-state index contributed by atoms with van der Waals surface area (Å²) in [5.74, 6) is -0.226. The first kappa shape index (κ1) is 15.1. The standard InChI is InChI=1S/C13H23N3O4/c17-11(8-14-4-2-1-3-5-14)9-15-6-7-16(13(19)20)10-12(15)18/h11,17H,1-10H2,(H,19,20). The van der Waals surface area contributed by atoms with Crippen LogP contribution in [0.2, 0.25) is 0 Å². The molecule has 0 saturated carbocycles. The monoisotopic (exact) mass is 285 g/mol. The molecular formula is C13H23N3O4. The van der Waals surface area contributed by atoms with Crippen molar-refractivity contribution in [2.24, 2.45) is 0 Å². The van der Waals surface area contributed by atoms with Crippen molar-refractivity contribution in [2.75, 3.05) is 45.8 Å². The molecule has 2 fully saturated rings. The van der Waals surface area contributed by atoms with Crippen molar-refractivity contribution in [2.45, 2.75) is 25.4 Å². The zero-order chi connectivity index (χ0) is 14.5. The summed E-state index contributed by atoms with van der Waals surface area (Å²) in [7, 11) is 0. The summed E-state index contributed by atoms with van der Waals surface area (Å²) in [6.07, 6.45) is 1.97. The van der Waals surface area contributed by atoms with E-state index >= 15 is 0 Å². The molecule has 0 radical (unpaired) electrons. The van der Waals surface area contributed by atoms with Gasteiger partial charge in [-0.1, -0.05) is 6.42 Å². The highest BCUT2D eigenvalue weighted by atomic mass is 16.4. The minimum absolute atomic E-state index is 0.105. The number of carbonyl (C=O) groups excluding carboxylic acids is 1. The Kier molecular flexibility index (Phi) is 5.19. The van der Waals surface area contributed by atoms with Gasteiger partial charge in [0.05, 0.1) is 6.10 Å². The van der Waals surface area contributed by atoms with Gasteiger partial charge in [0.2, 0.25) is 5.91 Å². The second-order valence-corrected chi connectivity index (χ2v) is 5.56. The van der Waals surface area contributed by atoms with Gasteiger partial charge in [-0.05, 0) is 25.9 Å². The number of hydrogen-bond donors (Lipinski definition) is 2. The van der Waals surface area contributed by atoms with Gasteiger partial charge < -0.3 is 20.0 Å². The predicted octanol–water partition coefficient (Wildman–Crippen LogP) is -0.345. The van der Waals surface area contributed by atoms with Crippen LogP contribution >= 0.6 is 0 Å². The highest BCUT2D eigenvalue weighted by Crippen LogP contribution is 2.10. The van der Waals surface area contributed by atoms with E-state index < -0.39 is 12.2 Å². The predicted molar refractivity (Wildman–Crippen MR) is 72.5 cm³/mol. The Balaban J connectivity index is 1.75. The molecule has 2 saturated heterocycles. The maximum Gasteiger partial charge on any atom is 0.407 e. The molecule has 0 bridgehead atoms. The largest absolute Gasteiger partial charge is 0.465 e. The highest BCUT2D eigenvalue weighted by Gasteiger charge is 2.28. The van der Waals surface area contributed by atoms with Crippen molar-refractivity contribution in [3.63, 3.8) is 0 Å². The molecule has 0 spiro atoms. The Hall–Kier alpha value is -1.34. The van der Waals surface area contributed by atoms with Crippen LogP contribution in [0, 0.1) is 0 Å². The van der Waals surface area contributed by atoms with Crippen LogP contribution in [0.4, 0.5) is 4.79 Å². The van der Waals surface area contributed by atoms with Crippen LogP contribution in [-0.4, -0.2) is 88.8 Å². The van der Waals surface area contributed by atoms with Gasteiger partial charge in [-0.15, -0.1) is 0 Å². The van der Waals surface area contributed by atoms with E-state index in [2.05, 4.69) is 4.90 Å². The number of aliphatic hydroxyl groups excluding tert-OH is 1. The molecule has 2 rings (SSSR count). The van der Waals surface area contributed by atoms with Gasteiger partial charge in [0, 0.05) is 26.2 Å². The molecule has 114 valence electrons. The van der Waals surface area contributed by atoms with Crippen molar-refractivity contribution in [1.82, 2.24) is 14.7 Å². The van der Waals surface area contributed by atoms with Crippen LogP contribution in [0.3, 0.4) is 0 Å². The number of likely N-dealkylation sites (tertiary alicyclic amines) is 1. The molecule has 2 aliphatic rings. The van der Waals surface area contributed by atoms with E-state index in [1.807, 2.05) is 0 Å². The average Bonchev–Trinajstić information content (AvgIpc) is 2.42. The lowest BCUT2D eigenvalue weighted by Crippen LogP contribution is -2.54. The quantitative estimate of drug-likeness (QED) is 0.738. The van der Waals surface area contributed by atoms with Gasteiger partial charge in [-0.25, -0.2) is 4.79 Å². The minimum Gasteiger partial charge on any atom is -0.465 e. The van der Waals surface area contributed by atoms with Crippen molar-refractivity contribution in [3.8, 4) is 0 Å². The van der Waals surface area contributed by atoms with Crippen molar-refractivity contribution < 1.29 is 19.8 Å².